The van der Waals surface area contributed by atoms with Gasteiger partial charge in [0.15, 0.2) is 0 Å². The number of aryl methyl sites for hydroxylation is 2. The van der Waals surface area contributed by atoms with Crippen LogP contribution in [0.1, 0.15) is 31.4 Å². The molecule has 0 aliphatic rings. The summed E-state index contributed by atoms with van der Waals surface area (Å²) in [4.78, 5) is 0. The first-order valence-corrected chi connectivity index (χ1v) is 6.96. The second-order valence-corrected chi connectivity index (χ2v) is 6.07. The van der Waals surface area contributed by atoms with Crippen molar-refractivity contribution in [3.8, 4) is 5.75 Å². The molecule has 90 valence electrons. The van der Waals surface area contributed by atoms with Crippen molar-refractivity contribution in [2.45, 2.75) is 39.4 Å². The fourth-order valence-electron chi connectivity index (χ4n) is 1.52. The molecule has 0 aliphatic heterocycles. The van der Waals surface area contributed by atoms with Gasteiger partial charge in [-0.2, -0.15) is 11.8 Å². The molecule has 1 nitrogen and oxygen atoms in total. The zero-order chi connectivity index (χ0) is 12.0. The van der Waals surface area contributed by atoms with Crippen LogP contribution in [0.15, 0.2) is 18.2 Å². The summed E-state index contributed by atoms with van der Waals surface area (Å²) in [5.41, 5.74) is 2.52. The highest BCUT2D eigenvalue weighted by atomic mass is 32.2. The second-order valence-electron chi connectivity index (χ2n) is 4.39. The molecule has 16 heavy (non-hydrogen) atoms. The molecule has 1 rings (SSSR count). The van der Waals surface area contributed by atoms with Crippen LogP contribution in [-0.2, 0) is 0 Å². The van der Waals surface area contributed by atoms with Crippen LogP contribution < -0.4 is 4.74 Å². The Morgan fingerprint density at radius 2 is 2.00 bits per heavy atom. The highest BCUT2D eigenvalue weighted by Gasteiger charge is 1.99. The molecule has 0 atom stereocenters. The van der Waals surface area contributed by atoms with Crippen molar-refractivity contribution in [3.05, 3.63) is 29.3 Å². The van der Waals surface area contributed by atoms with E-state index in [0.29, 0.717) is 0 Å². The zero-order valence-electron chi connectivity index (χ0n) is 10.7. The van der Waals surface area contributed by atoms with Crippen LogP contribution in [0.3, 0.4) is 0 Å². The van der Waals surface area contributed by atoms with Gasteiger partial charge in [-0.15, -0.1) is 0 Å². The normalized spacial score (nSPS) is 10.8. The lowest BCUT2D eigenvalue weighted by atomic mass is 10.1. The van der Waals surface area contributed by atoms with Gasteiger partial charge in [-0.25, -0.2) is 0 Å². The van der Waals surface area contributed by atoms with Crippen LogP contribution in [-0.4, -0.2) is 17.6 Å². The molecule has 0 saturated heterocycles. The van der Waals surface area contributed by atoms with Crippen molar-refractivity contribution < 1.29 is 4.74 Å². The lowest BCUT2D eigenvalue weighted by molar-refractivity contribution is 0.316. The Balaban J connectivity index is 2.27. The fraction of sp³-hybridized carbons (Fsp3) is 0.571. The maximum atomic E-state index is 5.76. The zero-order valence-corrected chi connectivity index (χ0v) is 11.6. The Morgan fingerprint density at radius 1 is 1.25 bits per heavy atom. The molecule has 0 aliphatic carbocycles. The SMILES string of the molecule is Cc1ccc(OCCCSC(C)C)c(C)c1. The Bertz CT molecular complexity index is 321. The van der Waals surface area contributed by atoms with Gasteiger partial charge in [-0.05, 0) is 42.9 Å². The number of ether oxygens (including phenoxy) is 1. The lowest BCUT2D eigenvalue weighted by Crippen LogP contribution is -2.01. The molecule has 0 spiro atoms. The minimum Gasteiger partial charge on any atom is -0.493 e. The Morgan fingerprint density at radius 3 is 2.62 bits per heavy atom. The van der Waals surface area contributed by atoms with E-state index in [1.807, 2.05) is 11.8 Å². The molecule has 0 N–H and O–H groups in total. The quantitative estimate of drug-likeness (QED) is 0.686. The number of hydrogen-bond donors (Lipinski definition) is 0. The number of thioether (sulfide) groups is 1. The molecular formula is C14H22OS. The molecule has 0 bridgehead atoms. The fourth-order valence-corrected chi connectivity index (χ4v) is 2.28. The van der Waals surface area contributed by atoms with Gasteiger partial charge in [0.05, 0.1) is 6.61 Å². The summed E-state index contributed by atoms with van der Waals surface area (Å²) >= 11 is 1.99. The van der Waals surface area contributed by atoms with E-state index >= 15 is 0 Å². The predicted molar refractivity (Wildman–Crippen MR) is 73.6 cm³/mol. The van der Waals surface area contributed by atoms with Crippen molar-refractivity contribution >= 4 is 11.8 Å². The van der Waals surface area contributed by atoms with Crippen LogP contribution in [0.25, 0.3) is 0 Å². The largest absolute Gasteiger partial charge is 0.493 e. The third kappa shape index (κ3) is 4.93. The minimum atomic E-state index is 0.723. The van der Waals surface area contributed by atoms with E-state index in [4.69, 9.17) is 4.74 Å². The van der Waals surface area contributed by atoms with Gasteiger partial charge >= 0.3 is 0 Å². The molecule has 0 unspecified atom stereocenters. The molecule has 1 aromatic rings. The van der Waals surface area contributed by atoms with E-state index in [-0.39, 0.29) is 0 Å². The monoisotopic (exact) mass is 238 g/mol. The standard InChI is InChI=1S/C14H22OS/c1-11(2)16-9-5-8-15-14-7-6-12(3)10-13(14)4/h6-7,10-11H,5,8-9H2,1-4H3. The molecule has 1 aromatic carbocycles. The summed E-state index contributed by atoms with van der Waals surface area (Å²) in [6, 6.07) is 6.34. The highest BCUT2D eigenvalue weighted by Crippen LogP contribution is 2.19. The number of hydrogen-bond acceptors (Lipinski definition) is 2. The van der Waals surface area contributed by atoms with Gasteiger partial charge in [0.2, 0.25) is 0 Å². The van der Waals surface area contributed by atoms with E-state index in [1.54, 1.807) is 0 Å². The molecule has 0 radical (unpaired) electrons. The number of rotatable bonds is 6. The summed E-state index contributed by atoms with van der Waals surface area (Å²) in [5.74, 6) is 2.21. The lowest BCUT2D eigenvalue weighted by Gasteiger charge is -2.10. The van der Waals surface area contributed by atoms with Crippen LogP contribution >= 0.6 is 11.8 Å². The Kier molecular flexibility index (Phi) is 5.75. The highest BCUT2D eigenvalue weighted by molar-refractivity contribution is 7.99. The molecule has 0 saturated carbocycles. The van der Waals surface area contributed by atoms with Crippen LogP contribution in [0.2, 0.25) is 0 Å². The minimum absolute atomic E-state index is 0.723. The van der Waals surface area contributed by atoms with Crippen LogP contribution in [0, 0.1) is 13.8 Å². The van der Waals surface area contributed by atoms with Crippen molar-refractivity contribution in [2.24, 2.45) is 0 Å². The maximum absolute atomic E-state index is 5.76. The van der Waals surface area contributed by atoms with E-state index in [0.717, 1.165) is 24.0 Å². The third-order valence-electron chi connectivity index (χ3n) is 2.33. The Labute approximate surface area is 104 Å². The van der Waals surface area contributed by atoms with Crippen molar-refractivity contribution in [1.82, 2.24) is 0 Å². The van der Waals surface area contributed by atoms with Gasteiger partial charge in [0, 0.05) is 0 Å². The van der Waals surface area contributed by atoms with Gasteiger partial charge in [0.1, 0.15) is 5.75 Å². The van der Waals surface area contributed by atoms with Crippen molar-refractivity contribution in [3.63, 3.8) is 0 Å². The third-order valence-corrected chi connectivity index (χ3v) is 3.52. The molecule has 0 heterocycles. The summed E-state index contributed by atoms with van der Waals surface area (Å²) in [6.07, 6.45) is 1.12. The van der Waals surface area contributed by atoms with Crippen LogP contribution in [0.5, 0.6) is 5.75 Å². The molecule has 0 amide bonds. The second kappa shape index (κ2) is 6.85. The number of benzene rings is 1. The molecule has 0 fully saturated rings. The van der Waals surface area contributed by atoms with Gasteiger partial charge in [0.25, 0.3) is 0 Å². The van der Waals surface area contributed by atoms with Crippen LogP contribution in [0.4, 0.5) is 0 Å². The average molecular weight is 238 g/mol. The molecular weight excluding hydrogens is 216 g/mol. The Hall–Kier alpha value is -0.630. The van der Waals surface area contributed by atoms with E-state index in [2.05, 4.69) is 45.9 Å². The smallest absolute Gasteiger partial charge is 0.122 e. The maximum Gasteiger partial charge on any atom is 0.122 e. The molecule has 0 aromatic heterocycles. The summed E-state index contributed by atoms with van der Waals surface area (Å²) in [5, 5.41) is 0.723. The van der Waals surface area contributed by atoms with Gasteiger partial charge < -0.3 is 4.74 Å². The first-order chi connectivity index (χ1) is 7.59. The molecule has 2 heteroatoms. The topological polar surface area (TPSA) is 9.23 Å². The summed E-state index contributed by atoms with van der Waals surface area (Å²) in [7, 11) is 0. The average Bonchev–Trinajstić information content (AvgIpc) is 2.20. The summed E-state index contributed by atoms with van der Waals surface area (Å²) < 4.78 is 5.76. The van der Waals surface area contributed by atoms with Crippen molar-refractivity contribution in [2.75, 3.05) is 12.4 Å². The summed E-state index contributed by atoms with van der Waals surface area (Å²) in [6.45, 7) is 9.50. The predicted octanol–water partition coefficient (Wildman–Crippen LogP) is 4.21. The van der Waals surface area contributed by atoms with Gasteiger partial charge in [-0.1, -0.05) is 31.5 Å². The van der Waals surface area contributed by atoms with E-state index < -0.39 is 0 Å². The van der Waals surface area contributed by atoms with Gasteiger partial charge in [-0.3, -0.25) is 0 Å². The first kappa shape index (κ1) is 13.4. The van der Waals surface area contributed by atoms with E-state index in [1.165, 1.54) is 16.9 Å². The first-order valence-electron chi connectivity index (χ1n) is 5.91. The van der Waals surface area contributed by atoms with E-state index in [9.17, 15) is 0 Å². The van der Waals surface area contributed by atoms with Crippen molar-refractivity contribution in [1.29, 1.82) is 0 Å².